The summed E-state index contributed by atoms with van der Waals surface area (Å²) in [4.78, 5) is 0. The quantitative estimate of drug-likeness (QED) is 0.432. The highest BCUT2D eigenvalue weighted by molar-refractivity contribution is 7.99. The number of benzene rings is 1. The van der Waals surface area contributed by atoms with Crippen LogP contribution in [0.4, 0.5) is 0 Å². The highest BCUT2D eigenvalue weighted by Gasteiger charge is 2.09. The number of nitrogens with two attached hydrogens (primary N) is 1. The van der Waals surface area contributed by atoms with Gasteiger partial charge in [-0.05, 0) is 43.7 Å². The first-order valence-corrected chi connectivity index (χ1v) is 7.63. The molecule has 0 amide bonds. The Morgan fingerprint density at radius 2 is 1.94 bits per heavy atom. The molecule has 0 bridgehead atoms. The molecule has 0 saturated carbocycles. The summed E-state index contributed by atoms with van der Waals surface area (Å²) >= 11 is 1.92. The Bertz CT molecular complexity index is 327. The van der Waals surface area contributed by atoms with Crippen LogP contribution in [0.25, 0.3) is 0 Å². The highest BCUT2D eigenvalue weighted by Crippen LogP contribution is 2.21. The Balaban J connectivity index is 2.57. The predicted octanol–water partition coefficient (Wildman–Crippen LogP) is 3.12. The van der Waals surface area contributed by atoms with Crippen molar-refractivity contribution in [3.05, 3.63) is 29.8 Å². The van der Waals surface area contributed by atoms with E-state index in [1.165, 1.54) is 17.7 Å². The Kier molecular flexibility index (Phi) is 7.16. The maximum Gasteiger partial charge on any atom is 0.119 e. The molecule has 0 aromatic heterocycles. The van der Waals surface area contributed by atoms with Gasteiger partial charge in [0.05, 0.1) is 12.1 Å². The fourth-order valence-corrected chi connectivity index (χ4v) is 2.62. The lowest BCUT2D eigenvalue weighted by Crippen LogP contribution is -2.29. The van der Waals surface area contributed by atoms with Gasteiger partial charge in [0.1, 0.15) is 5.75 Å². The number of ether oxygens (including phenoxy) is 1. The monoisotopic (exact) mass is 268 g/mol. The molecule has 0 aliphatic carbocycles. The lowest BCUT2D eigenvalue weighted by atomic mass is 10.1. The van der Waals surface area contributed by atoms with Crippen LogP contribution in [0.3, 0.4) is 0 Å². The van der Waals surface area contributed by atoms with Crippen molar-refractivity contribution in [1.29, 1.82) is 0 Å². The van der Waals surface area contributed by atoms with Gasteiger partial charge in [-0.2, -0.15) is 11.8 Å². The fraction of sp³-hybridized carbons (Fsp3) is 0.571. The molecule has 1 aromatic carbocycles. The van der Waals surface area contributed by atoms with E-state index in [0.717, 1.165) is 11.5 Å². The Morgan fingerprint density at radius 3 is 2.44 bits per heavy atom. The van der Waals surface area contributed by atoms with Crippen LogP contribution >= 0.6 is 11.8 Å². The lowest BCUT2D eigenvalue weighted by molar-refractivity contribution is 0.242. The molecular formula is C14H24N2OS. The maximum absolute atomic E-state index is 5.62. The van der Waals surface area contributed by atoms with Gasteiger partial charge in [-0.25, -0.2) is 0 Å². The van der Waals surface area contributed by atoms with Crippen molar-refractivity contribution in [2.45, 2.75) is 39.3 Å². The molecule has 18 heavy (non-hydrogen) atoms. The van der Waals surface area contributed by atoms with Gasteiger partial charge in [-0.15, -0.1) is 0 Å². The van der Waals surface area contributed by atoms with E-state index in [0.29, 0.717) is 0 Å². The first-order chi connectivity index (χ1) is 8.67. The van der Waals surface area contributed by atoms with Crippen molar-refractivity contribution in [3.8, 4) is 5.75 Å². The molecule has 0 aliphatic heterocycles. The first-order valence-electron chi connectivity index (χ1n) is 6.47. The summed E-state index contributed by atoms with van der Waals surface area (Å²) in [5.41, 5.74) is 4.08. The van der Waals surface area contributed by atoms with Crippen LogP contribution in [-0.4, -0.2) is 17.6 Å². The summed E-state index contributed by atoms with van der Waals surface area (Å²) in [7, 11) is 0. The van der Waals surface area contributed by atoms with Gasteiger partial charge in [-0.1, -0.05) is 19.1 Å². The molecule has 3 nitrogen and oxygen atoms in total. The standard InChI is InChI=1S/C14H24N2OS/c1-4-9-18-10-14(16-15)12-5-7-13(8-6-12)17-11(2)3/h5-8,11,14,16H,4,9-10,15H2,1-3H3. The summed E-state index contributed by atoms with van der Waals surface area (Å²) < 4.78 is 5.62. The zero-order valence-electron chi connectivity index (χ0n) is 11.5. The van der Waals surface area contributed by atoms with Crippen LogP contribution in [0.15, 0.2) is 24.3 Å². The third-order valence-electron chi connectivity index (χ3n) is 2.49. The minimum absolute atomic E-state index is 0.203. The number of thioether (sulfide) groups is 1. The Hall–Kier alpha value is -0.710. The van der Waals surface area contributed by atoms with E-state index in [1.54, 1.807) is 0 Å². The number of hydrogen-bond acceptors (Lipinski definition) is 4. The van der Waals surface area contributed by atoms with Crippen molar-refractivity contribution in [2.24, 2.45) is 5.84 Å². The molecule has 0 fully saturated rings. The van der Waals surface area contributed by atoms with Crippen LogP contribution in [-0.2, 0) is 0 Å². The minimum atomic E-state index is 0.203. The molecule has 1 unspecified atom stereocenters. The van der Waals surface area contributed by atoms with Gasteiger partial charge >= 0.3 is 0 Å². The van der Waals surface area contributed by atoms with Crippen molar-refractivity contribution < 1.29 is 4.74 Å². The van der Waals surface area contributed by atoms with Crippen molar-refractivity contribution in [2.75, 3.05) is 11.5 Å². The second kappa shape index (κ2) is 8.40. The van der Waals surface area contributed by atoms with E-state index in [9.17, 15) is 0 Å². The molecular weight excluding hydrogens is 244 g/mol. The van der Waals surface area contributed by atoms with E-state index < -0.39 is 0 Å². The second-order valence-electron chi connectivity index (χ2n) is 4.53. The van der Waals surface area contributed by atoms with Crippen molar-refractivity contribution in [3.63, 3.8) is 0 Å². The normalized spacial score (nSPS) is 12.7. The lowest BCUT2D eigenvalue weighted by Gasteiger charge is -2.17. The molecule has 1 aromatic rings. The zero-order chi connectivity index (χ0) is 13.4. The van der Waals surface area contributed by atoms with E-state index in [1.807, 2.05) is 37.7 Å². The van der Waals surface area contributed by atoms with Gasteiger partial charge < -0.3 is 4.74 Å². The fourth-order valence-electron chi connectivity index (χ4n) is 1.64. The van der Waals surface area contributed by atoms with E-state index in [4.69, 9.17) is 10.6 Å². The van der Waals surface area contributed by atoms with Gasteiger partial charge in [0, 0.05) is 5.75 Å². The molecule has 0 heterocycles. The van der Waals surface area contributed by atoms with Gasteiger partial charge in [0.2, 0.25) is 0 Å². The summed E-state index contributed by atoms with van der Waals surface area (Å²) in [6.07, 6.45) is 1.41. The second-order valence-corrected chi connectivity index (χ2v) is 5.68. The van der Waals surface area contributed by atoms with Crippen LogP contribution in [0.2, 0.25) is 0 Å². The van der Waals surface area contributed by atoms with Gasteiger partial charge in [0.25, 0.3) is 0 Å². The zero-order valence-corrected chi connectivity index (χ0v) is 12.3. The van der Waals surface area contributed by atoms with Crippen molar-refractivity contribution in [1.82, 2.24) is 5.43 Å². The number of nitrogens with one attached hydrogen (secondary N) is 1. The number of hydrazine groups is 1. The van der Waals surface area contributed by atoms with E-state index in [2.05, 4.69) is 24.5 Å². The Labute approximate surface area is 114 Å². The van der Waals surface area contributed by atoms with Crippen LogP contribution < -0.4 is 16.0 Å². The topological polar surface area (TPSA) is 47.3 Å². The van der Waals surface area contributed by atoms with Gasteiger partial charge in [-0.3, -0.25) is 11.3 Å². The number of hydrogen-bond donors (Lipinski definition) is 2. The van der Waals surface area contributed by atoms with Crippen LogP contribution in [0, 0.1) is 0 Å². The predicted molar refractivity (Wildman–Crippen MR) is 79.9 cm³/mol. The average Bonchev–Trinajstić information content (AvgIpc) is 2.35. The van der Waals surface area contributed by atoms with Crippen LogP contribution in [0.5, 0.6) is 5.75 Å². The third kappa shape index (κ3) is 5.29. The highest BCUT2D eigenvalue weighted by atomic mass is 32.2. The smallest absolute Gasteiger partial charge is 0.119 e. The van der Waals surface area contributed by atoms with E-state index >= 15 is 0 Å². The third-order valence-corrected chi connectivity index (χ3v) is 3.75. The largest absolute Gasteiger partial charge is 0.491 e. The molecule has 1 atom stereocenters. The maximum atomic E-state index is 5.62. The molecule has 1 rings (SSSR count). The molecule has 0 saturated heterocycles. The van der Waals surface area contributed by atoms with Crippen LogP contribution in [0.1, 0.15) is 38.8 Å². The first kappa shape index (κ1) is 15.3. The minimum Gasteiger partial charge on any atom is -0.491 e. The average molecular weight is 268 g/mol. The molecule has 4 heteroatoms. The van der Waals surface area contributed by atoms with E-state index in [-0.39, 0.29) is 12.1 Å². The van der Waals surface area contributed by atoms with Gasteiger partial charge in [0.15, 0.2) is 0 Å². The summed E-state index contributed by atoms with van der Waals surface area (Å²) in [6.45, 7) is 6.25. The molecule has 0 radical (unpaired) electrons. The summed E-state index contributed by atoms with van der Waals surface area (Å²) in [6, 6.07) is 8.37. The summed E-state index contributed by atoms with van der Waals surface area (Å²) in [5, 5.41) is 0. The molecule has 0 aliphatic rings. The number of rotatable bonds is 8. The molecule has 3 N–H and O–H groups in total. The van der Waals surface area contributed by atoms with Crippen molar-refractivity contribution >= 4 is 11.8 Å². The molecule has 102 valence electrons. The summed E-state index contributed by atoms with van der Waals surface area (Å²) in [5.74, 6) is 8.69. The molecule has 0 spiro atoms. The Morgan fingerprint density at radius 1 is 1.28 bits per heavy atom. The SMILES string of the molecule is CCCSCC(NN)c1ccc(OC(C)C)cc1.